The molecule has 0 fully saturated rings. The monoisotopic (exact) mass is 567 g/mol. The summed E-state index contributed by atoms with van der Waals surface area (Å²) in [4.78, 5) is 21.7. The molecule has 0 aliphatic carbocycles. The number of carbonyl (C=O) groups excluding carboxylic acids is 1. The Morgan fingerprint density at radius 1 is 0.900 bits per heavy atom. The summed E-state index contributed by atoms with van der Waals surface area (Å²) >= 11 is -2.57. The fourth-order valence-electron chi connectivity index (χ4n) is 3.73. The summed E-state index contributed by atoms with van der Waals surface area (Å²) in [5.41, 5.74) is 2.32. The van der Waals surface area contributed by atoms with Crippen LogP contribution in [0.15, 0.2) is 66.7 Å². The van der Waals surface area contributed by atoms with Gasteiger partial charge in [-0.05, 0) is 30.3 Å². The molecule has 3 N–H and O–H groups in total. The summed E-state index contributed by atoms with van der Waals surface area (Å²) in [6, 6.07) is 18.8. The van der Waals surface area contributed by atoms with Gasteiger partial charge in [0.25, 0.3) is 11.3 Å². The third-order valence-corrected chi connectivity index (χ3v) is 6.24. The number of para-hydroxylation sites is 2. The second-order valence-electron chi connectivity index (χ2n) is 8.28. The van der Waals surface area contributed by atoms with Crippen LogP contribution in [0.1, 0.15) is 0 Å². The number of amides is 1. The van der Waals surface area contributed by atoms with E-state index in [1.807, 2.05) is 6.07 Å². The summed E-state index contributed by atoms with van der Waals surface area (Å²) in [6.07, 6.45) is 0. The highest BCUT2D eigenvalue weighted by molar-refractivity contribution is 7.81. The van der Waals surface area contributed by atoms with Gasteiger partial charge >= 0.3 is 0 Å². The molecule has 13 heteroatoms. The molecule has 0 aliphatic rings. The first kappa shape index (κ1) is 28.7. The van der Waals surface area contributed by atoms with E-state index >= 15 is 0 Å². The molecule has 0 aliphatic heterocycles. The van der Waals surface area contributed by atoms with Crippen LogP contribution < -0.4 is 24.4 Å². The van der Waals surface area contributed by atoms with Gasteiger partial charge in [0.2, 0.25) is 5.91 Å². The predicted molar refractivity (Wildman–Crippen MR) is 153 cm³/mol. The molecule has 1 atom stereocenters. The number of anilines is 5. The first-order valence-corrected chi connectivity index (χ1v) is 13.1. The molecule has 0 spiro atoms. The van der Waals surface area contributed by atoms with Crippen molar-refractivity contribution in [3.63, 3.8) is 0 Å². The van der Waals surface area contributed by atoms with Gasteiger partial charge in [-0.3, -0.25) is 9.35 Å². The molecule has 210 valence electrons. The first-order valence-electron chi connectivity index (χ1n) is 12.1. The van der Waals surface area contributed by atoms with Crippen LogP contribution in [0.3, 0.4) is 0 Å². The van der Waals surface area contributed by atoms with Crippen LogP contribution in [-0.4, -0.2) is 65.8 Å². The van der Waals surface area contributed by atoms with Gasteiger partial charge in [-0.25, -0.2) is 18.5 Å². The molecule has 3 aromatic carbocycles. The fourth-order valence-corrected chi connectivity index (χ4v) is 4.30. The first-order chi connectivity index (χ1) is 19.4. The molecular weight excluding hydrogens is 538 g/mol. The van der Waals surface area contributed by atoms with E-state index in [4.69, 9.17) is 23.9 Å². The number of hydrogen-bond acceptors (Lipinski definition) is 9. The zero-order valence-corrected chi connectivity index (χ0v) is 22.9. The summed E-state index contributed by atoms with van der Waals surface area (Å²) in [5.74, 6) is 0.971. The van der Waals surface area contributed by atoms with Gasteiger partial charge in [-0.15, -0.1) is 0 Å². The number of nitrogens with zero attached hydrogens (tertiary/aromatic N) is 3. The molecule has 0 bridgehead atoms. The average Bonchev–Trinajstić information content (AvgIpc) is 2.95. The number of carbonyl (C=O) groups is 1. The van der Waals surface area contributed by atoms with Crippen molar-refractivity contribution < 1.29 is 32.5 Å². The highest BCUT2D eigenvalue weighted by Crippen LogP contribution is 2.36. The van der Waals surface area contributed by atoms with Crippen molar-refractivity contribution >= 4 is 56.9 Å². The maximum atomic E-state index is 12.8. The predicted octanol–water partition coefficient (Wildman–Crippen LogP) is 4.27. The number of methoxy groups -OCH3 is 3. The zero-order valence-electron chi connectivity index (χ0n) is 22.1. The summed E-state index contributed by atoms with van der Waals surface area (Å²) in [5, 5.41) is 5.90. The Morgan fingerprint density at radius 2 is 1.60 bits per heavy atom. The van der Waals surface area contributed by atoms with Gasteiger partial charge in [-0.1, -0.05) is 18.2 Å². The molecule has 4 rings (SSSR count). The van der Waals surface area contributed by atoms with E-state index < -0.39 is 11.3 Å². The highest BCUT2D eigenvalue weighted by Gasteiger charge is 2.23. The van der Waals surface area contributed by atoms with E-state index in [2.05, 4.69) is 15.6 Å². The Hall–Kier alpha value is -4.30. The Bertz CT molecular complexity index is 1480. The molecule has 0 radical (unpaired) electrons. The minimum atomic E-state index is -2.57. The van der Waals surface area contributed by atoms with Crippen molar-refractivity contribution in [2.24, 2.45) is 0 Å². The van der Waals surface area contributed by atoms with Crippen LogP contribution in [-0.2, 0) is 25.5 Å². The van der Waals surface area contributed by atoms with Crippen LogP contribution in [0, 0.1) is 0 Å². The van der Waals surface area contributed by atoms with Crippen LogP contribution in [0.5, 0.6) is 11.5 Å². The third-order valence-electron chi connectivity index (χ3n) is 5.54. The molecule has 1 unspecified atom stereocenters. The van der Waals surface area contributed by atoms with Crippen molar-refractivity contribution in [1.29, 1.82) is 0 Å². The lowest BCUT2D eigenvalue weighted by Gasteiger charge is -2.23. The number of ether oxygens (including phenoxy) is 4. The van der Waals surface area contributed by atoms with Gasteiger partial charge in [0.1, 0.15) is 18.1 Å². The van der Waals surface area contributed by atoms with Crippen molar-refractivity contribution in [1.82, 2.24) is 9.97 Å². The quantitative estimate of drug-likeness (QED) is 0.158. The Balaban J connectivity index is 1.72. The molecule has 4 aromatic rings. The molecule has 0 saturated carbocycles. The summed E-state index contributed by atoms with van der Waals surface area (Å²) in [7, 11) is 4.61. The summed E-state index contributed by atoms with van der Waals surface area (Å²) < 4.78 is 45.2. The number of aromatic nitrogens is 2. The molecule has 0 saturated heterocycles. The minimum Gasteiger partial charge on any atom is -0.497 e. The van der Waals surface area contributed by atoms with E-state index in [-0.39, 0.29) is 36.4 Å². The van der Waals surface area contributed by atoms with Gasteiger partial charge in [0.05, 0.1) is 44.2 Å². The molecule has 12 nitrogen and oxygen atoms in total. The van der Waals surface area contributed by atoms with E-state index in [9.17, 15) is 13.6 Å². The third kappa shape index (κ3) is 7.21. The van der Waals surface area contributed by atoms with Gasteiger partial charge in [0.15, 0.2) is 11.6 Å². The number of hydrogen-bond donors (Lipinski definition) is 3. The normalized spacial score (nSPS) is 11.6. The molecular formula is C27H29N5O7S. The van der Waals surface area contributed by atoms with Gasteiger partial charge in [0, 0.05) is 36.7 Å². The van der Waals surface area contributed by atoms with Crippen LogP contribution >= 0.6 is 0 Å². The Kier molecular flexibility index (Phi) is 9.81. The maximum absolute atomic E-state index is 12.8. The SMILES string of the molecule is COCCOCC(=O)Nc1cccc(N(c2nc3ccccc3nc2Nc2cc(OC)cc(OC)c2)S(=O)O)c1. The van der Waals surface area contributed by atoms with E-state index in [1.54, 1.807) is 67.8 Å². The summed E-state index contributed by atoms with van der Waals surface area (Å²) in [6.45, 7) is 0.472. The highest BCUT2D eigenvalue weighted by atomic mass is 32.2. The standard InChI is InChI=1S/C27H29N5O7S/c1-36-11-12-39-17-25(33)28-18-7-6-8-20(13-18)32(40(34)35)27-26(30-23-9-4-5-10-24(23)31-27)29-19-14-21(37-2)16-22(15-19)38-3/h4-10,13-16H,11-12,17H2,1-3H3,(H,28,33)(H,29,30)(H,34,35). The number of nitrogens with one attached hydrogen (secondary N) is 2. The lowest BCUT2D eigenvalue weighted by atomic mass is 10.2. The minimum absolute atomic E-state index is 0.0766. The van der Waals surface area contributed by atoms with Crippen LogP contribution in [0.2, 0.25) is 0 Å². The number of benzene rings is 3. The molecule has 1 amide bonds. The maximum Gasteiger partial charge on any atom is 0.268 e. The van der Waals surface area contributed by atoms with Crippen LogP contribution in [0.25, 0.3) is 11.0 Å². The van der Waals surface area contributed by atoms with E-state index in [0.29, 0.717) is 40.5 Å². The number of fused-ring (bicyclic) bond motifs is 1. The van der Waals surface area contributed by atoms with E-state index in [1.165, 1.54) is 14.2 Å². The zero-order chi connectivity index (χ0) is 28.5. The van der Waals surface area contributed by atoms with Crippen molar-refractivity contribution in [3.05, 3.63) is 66.7 Å². The van der Waals surface area contributed by atoms with Crippen molar-refractivity contribution in [2.45, 2.75) is 0 Å². The van der Waals surface area contributed by atoms with Gasteiger partial charge in [-0.2, -0.15) is 0 Å². The fraction of sp³-hybridized carbons (Fsp3) is 0.222. The molecule has 1 heterocycles. The average molecular weight is 568 g/mol. The van der Waals surface area contributed by atoms with Crippen molar-refractivity contribution in [2.75, 3.05) is 56.1 Å². The smallest absolute Gasteiger partial charge is 0.268 e. The lowest BCUT2D eigenvalue weighted by molar-refractivity contribution is -0.121. The van der Waals surface area contributed by atoms with Crippen molar-refractivity contribution in [3.8, 4) is 11.5 Å². The lowest BCUT2D eigenvalue weighted by Crippen LogP contribution is -2.23. The molecule has 40 heavy (non-hydrogen) atoms. The van der Waals surface area contributed by atoms with Gasteiger partial charge < -0.3 is 29.6 Å². The Morgan fingerprint density at radius 3 is 2.25 bits per heavy atom. The number of rotatable bonds is 13. The van der Waals surface area contributed by atoms with Crippen LogP contribution in [0.4, 0.5) is 28.7 Å². The largest absolute Gasteiger partial charge is 0.497 e. The molecule has 1 aromatic heterocycles. The topological polar surface area (TPSA) is 144 Å². The van der Waals surface area contributed by atoms with E-state index in [0.717, 1.165) is 4.31 Å². The second-order valence-corrected chi connectivity index (χ2v) is 9.11. The Labute approximate surface area is 233 Å². The second kappa shape index (κ2) is 13.7.